The van der Waals surface area contributed by atoms with Gasteiger partial charge in [0.1, 0.15) is 11.3 Å². The molecule has 0 N–H and O–H groups in total. The van der Waals surface area contributed by atoms with Gasteiger partial charge in [0.25, 0.3) is 0 Å². The number of nitrogens with zero attached hydrogens (tertiary/aromatic N) is 3. The average Bonchev–Trinajstić information content (AvgIpc) is 2.60. The van der Waals surface area contributed by atoms with Gasteiger partial charge in [-0.3, -0.25) is 4.98 Å². The van der Waals surface area contributed by atoms with E-state index < -0.39 is 0 Å². The molecule has 3 rings (SSSR count). The van der Waals surface area contributed by atoms with Crippen molar-refractivity contribution in [3.05, 3.63) is 36.7 Å². The van der Waals surface area contributed by atoms with E-state index in [2.05, 4.69) is 15.0 Å². The van der Waals surface area contributed by atoms with Crippen molar-refractivity contribution in [3.8, 4) is 28.8 Å². The average molecular weight is 297 g/mol. The third-order valence-corrected chi connectivity index (χ3v) is 3.35. The summed E-state index contributed by atoms with van der Waals surface area (Å²) in [4.78, 5) is 12.8. The van der Waals surface area contributed by atoms with Crippen LogP contribution in [0, 0.1) is 0 Å². The molecule has 0 unspecified atom stereocenters. The summed E-state index contributed by atoms with van der Waals surface area (Å²) >= 11 is 0. The Hall–Kier alpha value is -2.89. The van der Waals surface area contributed by atoms with Crippen molar-refractivity contribution in [2.45, 2.75) is 0 Å². The lowest BCUT2D eigenvalue weighted by atomic mass is 10.0. The van der Waals surface area contributed by atoms with E-state index >= 15 is 0 Å². The minimum Gasteiger partial charge on any atom is -0.494 e. The molecule has 0 aliphatic carbocycles. The van der Waals surface area contributed by atoms with E-state index in [9.17, 15) is 0 Å². The lowest BCUT2D eigenvalue weighted by Gasteiger charge is -2.12. The molecule has 0 atom stereocenters. The SMILES string of the molecule is COc1ncc(-c2ccc(OC)c3ncccc23)c(OC)n1. The number of methoxy groups -OCH3 is 3. The second-order valence-electron chi connectivity index (χ2n) is 4.49. The van der Waals surface area contributed by atoms with Gasteiger partial charge in [-0.2, -0.15) is 4.98 Å². The highest BCUT2D eigenvalue weighted by atomic mass is 16.5. The monoisotopic (exact) mass is 297 g/mol. The van der Waals surface area contributed by atoms with E-state index in [0.29, 0.717) is 11.6 Å². The topological polar surface area (TPSA) is 66.4 Å². The van der Waals surface area contributed by atoms with E-state index in [1.165, 1.54) is 7.11 Å². The van der Waals surface area contributed by atoms with Gasteiger partial charge in [-0.15, -0.1) is 0 Å². The van der Waals surface area contributed by atoms with Gasteiger partial charge in [0.2, 0.25) is 5.88 Å². The van der Waals surface area contributed by atoms with Crippen LogP contribution in [0.5, 0.6) is 17.6 Å². The molecule has 0 aliphatic rings. The van der Waals surface area contributed by atoms with E-state index in [1.54, 1.807) is 26.6 Å². The molecular weight excluding hydrogens is 282 g/mol. The number of aromatic nitrogens is 3. The Kier molecular flexibility index (Phi) is 3.74. The quantitative estimate of drug-likeness (QED) is 0.737. The number of hydrogen-bond donors (Lipinski definition) is 0. The van der Waals surface area contributed by atoms with Crippen LogP contribution >= 0.6 is 0 Å². The molecule has 3 aromatic rings. The molecule has 6 nitrogen and oxygen atoms in total. The predicted octanol–water partition coefficient (Wildman–Crippen LogP) is 2.72. The Morgan fingerprint density at radius 3 is 2.45 bits per heavy atom. The summed E-state index contributed by atoms with van der Waals surface area (Å²) in [5.41, 5.74) is 2.47. The van der Waals surface area contributed by atoms with Crippen LogP contribution in [-0.2, 0) is 0 Å². The largest absolute Gasteiger partial charge is 0.494 e. The fourth-order valence-corrected chi connectivity index (χ4v) is 2.34. The molecule has 2 heterocycles. The van der Waals surface area contributed by atoms with Crippen LogP contribution in [0.15, 0.2) is 36.7 Å². The van der Waals surface area contributed by atoms with Crippen LogP contribution in [0.25, 0.3) is 22.0 Å². The smallest absolute Gasteiger partial charge is 0.319 e. The van der Waals surface area contributed by atoms with Crippen LogP contribution in [0.2, 0.25) is 0 Å². The second-order valence-corrected chi connectivity index (χ2v) is 4.49. The normalized spacial score (nSPS) is 10.5. The van der Waals surface area contributed by atoms with Crippen LogP contribution in [0.3, 0.4) is 0 Å². The van der Waals surface area contributed by atoms with Crippen LogP contribution in [-0.4, -0.2) is 36.3 Å². The van der Waals surface area contributed by atoms with Crippen molar-refractivity contribution < 1.29 is 14.2 Å². The van der Waals surface area contributed by atoms with Crippen LogP contribution in [0.4, 0.5) is 0 Å². The van der Waals surface area contributed by atoms with Crippen molar-refractivity contribution in [1.82, 2.24) is 15.0 Å². The van der Waals surface area contributed by atoms with Gasteiger partial charge in [-0.05, 0) is 23.8 Å². The Bertz CT molecular complexity index is 821. The van der Waals surface area contributed by atoms with E-state index in [4.69, 9.17) is 14.2 Å². The molecule has 2 aromatic heterocycles. The van der Waals surface area contributed by atoms with E-state index in [-0.39, 0.29) is 6.01 Å². The first-order chi connectivity index (χ1) is 10.8. The Morgan fingerprint density at radius 2 is 1.73 bits per heavy atom. The predicted molar refractivity (Wildman–Crippen MR) is 82.4 cm³/mol. The van der Waals surface area contributed by atoms with Gasteiger partial charge < -0.3 is 14.2 Å². The first-order valence-corrected chi connectivity index (χ1v) is 6.65. The third-order valence-electron chi connectivity index (χ3n) is 3.35. The highest BCUT2D eigenvalue weighted by Gasteiger charge is 2.15. The van der Waals surface area contributed by atoms with Gasteiger partial charge in [-0.1, -0.05) is 6.07 Å². The summed E-state index contributed by atoms with van der Waals surface area (Å²) in [5, 5.41) is 0.939. The molecule has 0 spiro atoms. The summed E-state index contributed by atoms with van der Waals surface area (Å²) < 4.78 is 15.8. The van der Waals surface area contributed by atoms with Crippen molar-refractivity contribution in [3.63, 3.8) is 0 Å². The molecule has 0 fully saturated rings. The standard InChI is InChI=1S/C16H15N3O3/c1-20-13-7-6-10(11-5-4-8-17-14(11)13)12-9-18-16(22-3)19-15(12)21-2/h4-9H,1-3H3. The van der Waals surface area contributed by atoms with Crippen molar-refractivity contribution in [2.24, 2.45) is 0 Å². The maximum Gasteiger partial charge on any atom is 0.319 e. The number of fused-ring (bicyclic) bond motifs is 1. The number of ether oxygens (including phenoxy) is 3. The summed E-state index contributed by atoms with van der Waals surface area (Å²) in [6.45, 7) is 0. The zero-order valence-corrected chi connectivity index (χ0v) is 12.5. The zero-order valence-electron chi connectivity index (χ0n) is 12.5. The number of rotatable bonds is 4. The first kappa shape index (κ1) is 14.1. The Balaban J connectivity index is 2.27. The van der Waals surface area contributed by atoms with Crippen molar-refractivity contribution in [1.29, 1.82) is 0 Å². The maximum absolute atomic E-state index is 5.37. The minimum atomic E-state index is 0.261. The molecule has 22 heavy (non-hydrogen) atoms. The van der Waals surface area contributed by atoms with Crippen LogP contribution in [0.1, 0.15) is 0 Å². The molecule has 0 bridgehead atoms. The minimum absolute atomic E-state index is 0.261. The summed E-state index contributed by atoms with van der Waals surface area (Å²) in [6.07, 6.45) is 3.41. The third kappa shape index (κ3) is 2.28. The van der Waals surface area contributed by atoms with Gasteiger partial charge in [0.05, 0.1) is 26.9 Å². The van der Waals surface area contributed by atoms with Crippen LogP contribution < -0.4 is 14.2 Å². The van der Waals surface area contributed by atoms with E-state index in [1.807, 2.05) is 24.3 Å². The lowest BCUT2D eigenvalue weighted by Crippen LogP contribution is -1.98. The molecule has 6 heteroatoms. The molecule has 0 aliphatic heterocycles. The molecule has 0 amide bonds. The highest BCUT2D eigenvalue weighted by molar-refractivity contribution is 5.98. The summed E-state index contributed by atoms with van der Waals surface area (Å²) in [7, 11) is 4.70. The molecule has 0 radical (unpaired) electrons. The van der Waals surface area contributed by atoms with Gasteiger partial charge in [-0.25, -0.2) is 4.98 Å². The first-order valence-electron chi connectivity index (χ1n) is 6.65. The van der Waals surface area contributed by atoms with E-state index in [0.717, 1.165) is 22.0 Å². The Labute approximate surface area is 127 Å². The Morgan fingerprint density at radius 1 is 0.864 bits per heavy atom. The second kappa shape index (κ2) is 5.85. The molecular formula is C16H15N3O3. The summed E-state index contributed by atoms with van der Waals surface area (Å²) in [6, 6.07) is 7.92. The molecule has 0 saturated heterocycles. The number of benzene rings is 1. The maximum atomic E-state index is 5.37. The lowest BCUT2D eigenvalue weighted by molar-refractivity contribution is 0.353. The molecule has 112 valence electrons. The number of pyridine rings is 1. The molecule has 1 aromatic carbocycles. The fourth-order valence-electron chi connectivity index (χ4n) is 2.34. The molecule has 0 saturated carbocycles. The summed E-state index contributed by atoms with van der Waals surface area (Å²) in [5.74, 6) is 1.16. The van der Waals surface area contributed by atoms with Gasteiger partial charge in [0.15, 0.2) is 0 Å². The van der Waals surface area contributed by atoms with Crippen molar-refractivity contribution in [2.75, 3.05) is 21.3 Å². The van der Waals surface area contributed by atoms with Crippen molar-refractivity contribution >= 4 is 10.9 Å². The highest BCUT2D eigenvalue weighted by Crippen LogP contribution is 2.36. The van der Waals surface area contributed by atoms with Gasteiger partial charge in [0, 0.05) is 17.8 Å². The fraction of sp³-hybridized carbons (Fsp3) is 0.188. The zero-order chi connectivity index (χ0) is 15.5. The number of hydrogen-bond acceptors (Lipinski definition) is 6. The van der Waals surface area contributed by atoms with Gasteiger partial charge >= 0.3 is 6.01 Å².